The fraction of sp³-hybridized carbons (Fsp3) is 0.647. The number of aromatic nitrogens is 3. The highest BCUT2D eigenvalue weighted by atomic mass is 35.5. The monoisotopic (exact) mass is 447 g/mol. The SMILES string of the molecule is CP(=O)(O)OOC[C@H]1O[C@@H](n2ccc3c(C4CCCC4)nc(Cl)nc32)[C@H](O)[C@@H]1O. The lowest BCUT2D eigenvalue weighted by atomic mass is 10.0. The van der Waals surface area contributed by atoms with Crippen LogP contribution in [0.4, 0.5) is 0 Å². The average molecular weight is 448 g/mol. The number of ether oxygens (including phenoxy) is 1. The van der Waals surface area contributed by atoms with Gasteiger partial charge in [-0.25, -0.2) is 9.87 Å². The summed E-state index contributed by atoms with van der Waals surface area (Å²) in [6.07, 6.45) is 1.61. The third-order valence-corrected chi connectivity index (χ3v) is 5.90. The van der Waals surface area contributed by atoms with Crippen LogP contribution in [0.1, 0.15) is 43.5 Å². The molecular weight excluding hydrogens is 425 g/mol. The summed E-state index contributed by atoms with van der Waals surface area (Å²) in [6, 6.07) is 1.85. The van der Waals surface area contributed by atoms with Crippen molar-refractivity contribution in [2.24, 2.45) is 0 Å². The second-order valence-corrected chi connectivity index (χ2v) is 9.62. The Morgan fingerprint density at radius 2 is 2.03 bits per heavy atom. The van der Waals surface area contributed by atoms with Crippen LogP contribution in [0.2, 0.25) is 5.28 Å². The topological polar surface area (TPSA) is 136 Å². The molecule has 2 aromatic heterocycles. The summed E-state index contributed by atoms with van der Waals surface area (Å²) in [4.78, 5) is 22.5. The normalized spacial score (nSPS) is 30.2. The van der Waals surface area contributed by atoms with Gasteiger partial charge in [-0.15, -0.1) is 4.67 Å². The summed E-state index contributed by atoms with van der Waals surface area (Å²) in [5.41, 5.74) is 1.40. The van der Waals surface area contributed by atoms with Crippen molar-refractivity contribution >= 4 is 30.2 Å². The summed E-state index contributed by atoms with van der Waals surface area (Å²) in [6.45, 7) is 0.628. The molecule has 2 aliphatic rings. The van der Waals surface area contributed by atoms with Crippen LogP contribution < -0.4 is 0 Å². The third-order valence-electron chi connectivity index (χ3n) is 5.35. The van der Waals surface area contributed by atoms with Crippen LogP contribution in [0.5, 0.6) is 0 Å². The van der Waals surface area contributed by atoms with Crippen LogP contribution in [-0.4, -0.2) is 61.2 Å². The standard InChI is InChI=1S/C17H23ClN3O7P/c1-29(24,25)28-26-8-11-13(22)14(23)16(27-11)21-7-6-10-12(9-4-2-3-5-9)19-17(18)20-15(10)21/h6-7,9,11,13-14,16,22-23H,2-5,8H2,1H3,(H,24,25)/t11-,13-,14-,16-/m1/s1. The molecule has 3 N–H and O–H groups in total. The van der Waals surface area contributed by atoms with Gasteiger partial charge in [0.15, 0.2) is 6.23 Å². The molecule has 1 unspecified atom stereocenters. The maximum Gasteiger partial charge on any atom is 0.352 e. The molecule has 4 rings (SSSR count). The zero-order valence-electron chi connectivity index (χ0n) is 15.7. The van der Waals surface area contributed by atoms with Crippen molar-refractivity contribution in [1.82, 2.24) is 14.5 Å². The number of hydrogen-bond acceptors (Lipinski definition) is 8. The highest BCUT2D eigenvalue weighted by Gasteiger charge is 2.44. The van der Waals surface area contributed by atoms with Gasteiger partial charge < -0.3 is 24.4 Å². The predicted octanol–water partition coefficient (Wildman–Crippen LogP) is 2.12. The molecule has 0 bridgehead atoms. The molecule has 1 saturated heterocycles. The van der Waals surface area contributed by atoms with Crippen molar-refractivity contribution in [3.05, 3.63) is 23.2 Å². The van der Waals surface area contributed by atoms with Gasteiger partial charge >= 0.3 is 7.60 Å². The van der Waals surface area contributed by atoms with E-state index in [1.54, 1.807) is 10.8 Å². The van der Waals surface area contributed by atoms with Gasteiger partial charge in [-0.1, -0.05) is 12.8 Å². The van der Waals surface area contributed by atoms with Crippen molar-refractivity contribution in [1.29, 1.82) is 0 Å². The lowest BCUT2D eigenvalue weighted by molar-refractivity contribution is -0.238. The summed E-state index contributed by atoms with van der Waals surface area (Å²) in [5, 5.41) is 21.7. The molecule has 1 saturated carbocycles. The molecule has 0 radical (unpaired) electrons. The minimum absolute atomic E-state index is 0.113. The largest absolute Gasteiger partial charge is 0.387 e. The Hall–Kier alpha value is -1.10. The molecular formula is C17H23ClN3O7P. The number of nitrogens with zero attached hydrogens (tertiary/aromatic N) is 3. The highest BCUT2D eigenvalue weighted by molar-refractivity contribution is 7.51. The lowest BCUT2D eigenvalue weighted by Gasteiger charge is -2.18. The molecule has 160 valence electrons. The first-order valence-electron chi connectivity index (χ1n) is 9.41. The molecule has 2 aromatic rings. The summed E-state index contributed by atoms with van der Waals surface area (Å²) < 4.78 is 22.8. The third kappa shape index (κ3) is 4.35. The van der Waals surface area contributed by atoms with Crippen LogP contribution >= 0.6 is 19.2 Å². The van der Waals surface area contributed by atoms with E-state index in [9.17, 15) is 14.8 Å². The van der Waals surface area contributed by atoms with E-state index >= 15 is 0 Å². The Morgan fingerprint density at radius 3 is 2.72 bits per heavy atom. The second-order valence-electron chi connectivity index (χ2n) is 7.53. The summed E-state index contributed by atoms with van der Waals surface area (Å²) in [7, 11) is -3.83. The molecule has 1 aliphatic heterocycles. The Balaban J connectivity index is 1.58. The van der Waals surface area contributed by atoms with Gasteiger partial charge in [0.2, 0.25) is 5.28 Å². The van der Waals surface area contributed by atoms with E-state index in [2.05, 4.69) is 14.6 Å². The number of halogens is 1. The van der Waals surface area contributed by atoms with E-state index < -0.39 is 32.1 Å². The number of hydrogen-bond donors (Lipinski definition) is 3. The minimum atomic E-state index is -3.83. The molecule has 10 nitrogen and oxygen atoms in total. The maximum atomic E-state index is 11.1. The number of fused-ring (bicyclic) bond motifs is 1. The van der Waals surface area contributed by atoms with E-state index in [1.807, 2.05) is 6.07 Å². The lowest BCUT2D eigenvalue weighted by Crippen LogP contribution is -2.33. The number of aliphatic hydroxyl groups excluding tert-OH is 2. The van der Waals surface area contributed by atoms with Crippen LogP contribution in [0.25, 0.3) is 11.0 Å². The van der Waals surface area contributed by atoms with E-state index in [4.69, 9.17) is 26.1 Å². The van der Waals surface area contributed by atoms with Crippen molar-refractivity contribution in [2.45, 2.75) is 56.1 Å². The maximum absolute atomic E-state index is 11.1. The number of rotatable bonds is 6. The molecule has 2 fully saturated rings. The van der Waals surface area contributed by atoms with Gasteiger partial charge in [0.05, 0.1) is 5.69 Å². The fourth-order valence-electron chi connectivity index (χ4n) is 4.04. The van der Waals surface area contributed by atoms with Crippen molar-refractivity contribution < 1.29 is 34.0 Å². The Morgan fingerprint density at radius 1 is 1.31 bits per heavy atom. The molecule has 5 atom stereocenters. The average Bonchev–Trinajstić information content (AvgIpc) is 3.36. The van der Waals surface area contributed by atoms with E-state index in [-0.39, 0.29) is 11.9 Å². The van der Waals surface area contributed by atoms with Crippen molar-refractivity contribution in [2.75, 3.05) is 13.3 Å². The van der Waals surface area contributed by atoms with Crippen molar-refractivity contribution in [3.63, 3.8) is 0 Å². The van der Waals surface area contributed by atoms with Gasteiger partial charge in [-0.3, -0.25) is 4.57 Å². The van der Waals surface area contributed by atoms with Gasteiger partial charge in [-0.05, 0) is 30.5 Å². The van der Waals surface area contributed by atoms with Crippen molar-refractivity contribution in [3.8, 4) is 0 Å². The quantitative estimate of drug-likeness (QED) is 0.263. The molecule has 3 heterocycles. The van der Waals surface area contributed by atoms with E-state index in [0.717, 1.165) is 43.4 Å². The minimum Gasteiger partial charge on any atom is -0.387 e. The Bertz CT molecular complexity index is 929. The molecule has 29 heavy (non-hydrogen) atoms. The number of aliphatic hydroxyl groups is 2. The van der Waals surface area contributed by atoms with E-state index in [1.165, 1.54) is 0 Å². The zero-order chi connectivity index (χ0) is 20.8. The smallest absolute Gasteiger partial charge is 0.352 e. The zero-order valence-corrected chi connectivity index (χ0v) is 17.4. The first-order valence-corrected chi connectivity index (χ1v) is 11.8. The first kappa shape index (κ1) is 21.1. The molecule has 12 heteroatoms. The van der Waals surface area contributed by atoms with Crippen LogP contribution in [-0.2, 0) is 18.9 Å². The molecule has 0 amide bonds. The second kappa shape index (κ2) is 8.20. The molecule has 0 spiro atoms. The van der Waals surface area contributed by atoms with Crippen LogP contribution in [0.15, 0.2) is 12.3 Å². The van der Waals surface area contributed by atoms with Gasteiger partial charge in [-0.2, -0.15) is 4.98 Å². The van der Waals surface area contributed by atoms with Gasteiger partial charge in [0, 0.05) is 24.2 Å². The fourth-order valence-corrected chi connectivity index (χ4v) is 4.46. The summed E-state index contributed by atoms with van der Waals surface area (Å²) in [5.74, 6) is 0.315. The first-order chi connectivity index (χ1) is 13.7. The van der Waals surface area contributed by atoms with Gasteiger partial charge in [0.1, 0.15) is 30.6 Å². The van der Waals surface area contributed by atoms with Crippen LogP contribution in [0.3, 0.4) is 0 Å². The highest BCUT2D eigenvalue weighted by Crippen LogP contribution is 2.40. The molecule has 0 aromatic carbocycles. The Labute approximate surface area is 171 Å². The summed E-state index contributed by atoms with van der Waals surface area (Å²) >= 11 is 6.17. The predicted molar refractivity (Wildman–Crippen MR) is 102 cm³/mol. The van der Waals surface area contributed by atoms with Crippen LogP contribution in [0, 0.1) is 0 Å². The van der Waals surface area contributed by atoms with E-state index in [0.29, 0.717) is 11.6 Å². The Kier molecular flexibility index (Phi) is 5.98. The van der Waals surface area contributed by atoms with Gasteiger partial charge in [0.25, 0.3) is 0 Å². The molecule has 1 aliphatic carbocycles.